The fourth-order valence-corrected chi connectivity index (χ4v) is 1.40. The molecule has 1 rings (SSSR count). The van der Waals surface area contributed by atoms with Crippen LogP contribution in [0.4, 0.5) is 0 Å². The van der Waals surface area contributed by atoms with Gasteiger partial charge in [-0.2, -0.15) is 0 Å². The second-order valence-corrected chi connectivity index (χ2v) is 3.21. The minimum atomic E-state index is 0.211. The first kappa shape index (κ1) is 9.18. The lowest BCUT2D eigenvalue weighted by atomic mass is 10.4. The van der Waals surface area contributed by atoms with Gasteiger partial charge in [0.2, 0.25) is 5.16 Å². The number of nitrogens with zero attached hydrogens (tertiary/aromatic N) is 4. The van der Waals surface area contributed by atoms with E-state index in [4.69, 9.17) is 0 Å². The summed E-state index contributed by atoms with van der Waals surface area (Å²) in [7, 11) is 1.75. The third-order valence-electron chi connectivity index (χ3n) is 1.34. The van der Waals surface area contributed by atoms with Crippen LogP contribution in [-0.4, -0.2) is 31.7 Å². The van der Waals surface area contributed by atoms with Crippen LogP contribution in [-0.2, 0) is 11.8 Å². The first-order chi connectivity index (χ1) is 5.74. The smallest absolute Gasteiger partial charge is 0.209 e. The molecule has 0 aliphatic heterocycles. The molecule has 0 amide bonds. The third-order valence-corrected chi connectivity index (χ3v) is 2.41. The summed E-state index contributed by atoms with van der Waals surface area (Å²) >= 11 is 1.36. The first-order valence-electron chi connectivity index (χ1n) is 3.61. The SMILES string of the molecule is CCC(=O)CSc1nnnn1C. The van der Waals surface area contributed by atoms with Crippen LogP contribution in [0.2, 0.25) is 0 Å². The summed E-state index contributed by atoms with van der Waals surface area (Å²) in [5.74, 6) is 0.660. The molecule has 0 saturated carbocycles. The molecule has 1 aromatic heterocycles. The molecule has 0 aliphatic carbocycles. The zero-order valence-corrected chi connectivity index (χ0v) is 7.84. The van der Waals surface area contributed by atoms with E-state index >= 15 is 0 Å². The summed E-state index contributed by atoms with van der Waals surface area (Å²) < 4.78 is 1.55. The van der Waals surface area contributed by atoms with Crippen LogP contribution in [0.5, 0.6) is 0 Å². The molecule has 12 heavy (non-hydrogen) atoms. The molecule has 6 heteroatoms. The van der Waals surface area contributed by atoms with Crippen molar-refractivity contribution in [2.45, 2.75) is 18.5 Å². The van der Waals surface area contributed by atoms with Gasteiger partial charge in [-0.1, -0.05) is 18.7 Å². The lowest BCUT2D eigenvalue weighted by Gasteiger charge is -1.95. The van der Waals surface area contributed by atoms with Crippen molar-refractivity contribution in [3.63, 3.8) is 0 Å². The van der Waals surface area contributed by atoms with Crippen molar-refractivity contribution in [2.75, 3.05) is 5.75 Å². The number of ketones is 1. The van der Waals surface area contributed by atoms with Gasteiger partial charge in [-0.3, -0.25) is 4.79 Å². The first-order valence-corrected chi connectivity index (χ1v) is 4.59. The van der Waals surface area contributed by atoms with E-state index in [1.165, 1.54) is 11.8 Å². The molecule has 0 fully saturated rings. The predicted molar refractivity (Wildman–Crippen MR) is 44.8 cm³/mol. The predicted octanol–water partition coefficient (Wildman–Crippen LogP) is 0.281. The van der Waals surface area contributed by atoms with E-state index in [0.717, 1.165) is 0 Å². The Labute approximate surface area is 74.5 Å². The Morgan fingerprint density at radius 3 is 2.92 bits per heavy atom. The number of carbonyl (C=O) groups is 1. The lowest BCUT2D eigenvalue weighted by molar-refractivity contribution is -0.116. The van der Waals surface area contributed by atoms with E-state index in [0.29, 0.717) is 17.3 Å². The molecule has 0 aliphatic rings. The van der Waals surface area contributed by atoms with E-state index in [9.17, 15) is 4.79 Å². The molecule has 66 valence electrons. The Balaban J connectivity index is 2.43. The van der Waals surface area contributed by atoms with Crippen molar-refractivity contribution in [3.05, 3.63) is 0 Å². The maximum atomic E-state index is 10.9. The summed E-state index contributed by atoms with van der Waals surface area (Å²) in [4.78, 5) is 10.9. The second-order valence-electron chi connectivity index (χ2n) is 2.27. The molecule has 0 spiro atoms. The second kappa shape index (κ2) is 4.20. The number of hydrogen-bond acceptors (Lipinski definition) is 5. The number of carbonyl (C=O) groups excluding carboxylic acids is 1. The van der Waals surface area contributed by atoms with E-state index in [-0.39, 0.29) is 5.78 Å². The molecule has 0 aromatic carbocycles. The number of aromatic nitrogens is 4. The average molecular weight is 186 g/mol. The molecule has 0 radical (unpaired) electrons. The molecule has 0 atom stereocenters. The zero-order valence-electron chi connectivity index (χ0n) is 7.02. The highest BCUT2D eigenvalue weighted by Gasteiger charge is 2.05. The third kappa shape index (κ3) is 2.30. The van der Waals surface area contributed by atoms with Gasteiger partial charge < -0.3 is 0 Å². The largest absolute Gasteiger partial charge is 0.299 e. The Kier molecular flexibility index (Phi) is 3.21. The number of thioether (sulfide) groups is 1. The number of aryl methyl sites for hydroxylation is 1. The van der Waals surface area contributed by atoms with Crippen molar-refractivity contribution < 1.29 is 4.79 Å². The molecule has 0 unspecified atom stereocenters. The number of rotatable bonds is 4. The van der Waals surface area contributed by atoms with Crippen LogP contribution in [0.15, 0.2) is 5.16 Å². The minimum Gasteiger partial charge on any atom is -0.299 e. The molecule has 0 N–H and O–H groups in total. The summed E-state index contributed by atoms with van der Waals surface area (Å²) in [6, 6.07) is 0. The molecule has 0 bridgehead atoms. The maximum Gasteiger partial charge on any atom is 0.209 e. The molecule has 5 nitrogen and oxygen atoms in total. The summed E-state index contributed by atoms with van der Waals surface area (Å²) in [5.41, 5.74) is 0. The average Bonchev–Trinajstić information content (AvgIpc) is 2.47. The van der Waals surface area contributed by atoms with Gasteiger partial charge in [0, 0.05) is 13.5 Å². The maximum absolute atomic E-state index is 10.9. The van der Waals surface area contributed by atoms with Gasteiger partial charge >= 0.3 is 0 Å². The molecular weight excluding hydrogens is 176 g/mol. The van der Waals surface area contributed by atoms with Crippen molar-refractivity contribution in [1.29, 1.82) is 0 Å². The van der Waals surface area contributed by atoms with Crippen LogP contribution < -0.4 is 0 Å². The molecule has 0 saturated heterocycles. The van der Waals surface area contributed by atoms with E-state index in [1.807, 2.05) is 6.92 Å². The highest BCUT2D eigenvalue weighted by atomic mass is 32.2. The van der Waals surface area contributed by atoms with Crippen molar-refractivity contribution in [1.82, 2.24) is 20.2 Å². The quantitative estimate of drug-likeness (QED) is 0.632. The zero-order chi connectivity index (χ0) is 8.97. The van der Waals surface area contributed by atoms with Crippen LogP contribution >= 0.6 is 11.8 Å². The molecule has 1 aromatic rings. The normalized spacial score (nSPS) is 10.2. The van der Waals surface area contributed by atoms with Crippen LogP contribution in [0.3, 0.4) is 0 Å². The lowest BCUT2D eigenvalue weighted by Crippen LogP contribution is -2.00. The molecular formula is C6H10N4OS. The van der Waals surface area contributed by atoms with E-state index < -0.39 is 0 Å². The monoisotopic (exact) mass is 186 g/mol. The highest BCUT2D eigenvalue weighted by Crippen LogP contribution is 2.12. The van der Waals surface area contributed by atoms with Gasteiger partial charge in [0.1, 0.15) is 5.78 Å². The summed E-state index contributed by atoms with van der Waals surface area (Å²) in [5, 5.41) is 11.5. The fourth-order valence-electron chi connectivity index (χ4n) is 0.591. The van der Waals surface area contributed by atoms with Crippen LogP contribution in [0.25, 0.3) is 0 Å². The number of hydrogen-bond donors (Lipinski definition) is 0. The van der Waals surface area contributed by atoms with Gasteiger partial charge in [-0.15, -0.1) is 5.10 Å². The van der Waals surface area contributed by atoms with Gasteiger partial charge in [-0.05, 0) is 10.4 Å². The van der Waals surface area contributed by atoms with Gasteiger partial charge in [-0.25, -0.2) is 4.68 Å². The minimum absolute atomic E-state index is 0.211. The van der Waals surface area contributed by atoms with Crippen molar-refractivity contribution >= 4 is 17.5 Å². The van der Waals surface area contributed by atoms with Crippen molar-refractivity contribution in [2.24, 2.45) is 7.05 Å². The Morgan fingerprint density at radius 2 is 2.42 bits per heavy atom. The van der Waals surface area contributed by atoms with Gasteiger partial charge in [0.05, 0.1) is 5.75 Å². The Hall–Kier alpha value is -0.910. The van der Waals surface area contributed by atoms with Crippen LogP contribution in [0, 0.1) is 0 Å². The summed E-state index contributed by atoms with van der Waals surface area (Å²) in [6.07, 6.45) is 0.568. The fraction of sp³-hybridized carbons (Fsp3) is 0.667. The highest BCUT2D eigenvalue weighted by molar-refractivity contribution is 7.99. The standard InChI is InChI=1S/C6H10N4OS/c1-3-5(11)4-12-6-7-8-9-10(6)2/h3-4H2,1-2H3. The van der Waals surface area contributed by atoms with E-state index in [1.54, 1.807) is 11.7 Å². The summed E-state index contributed by atoms with van der Waals surface area (Å²) in [6.45, 7) is 1.85. The topological polar surface area (TPSA) is 60.7 Å². The number of tetrazole rings is 1. The van der Waals surface area contributed by atoms with Gasteiger partial charge in [0.25, 0.3) is 0 Å². The van der Waals surface area contributed by atoms with Crippen molar-refractivity contribution in [3.8, 4) is 0 Å². The Bertz CT molecular complexity index is 272. The van der Waals surface area contributed by atoms with Gasteiger partial charge in [0.15, 0.2) is 0 Å². The molecule has 1 heterocycles. The van der Waals surface area contributed by atoms with E-state index in [2.05, 4.69) is 15.5 Å². The number of Topliss-reactive ketones (excluding diaryl/α,β-unsaturated/α-hetero) is 1. The Morgan fingerprint density at radius 1 is 1.67 bits per heavy atom. The van der Waals surface area contributed by atoms with Crippen LogP contribution in [0.1, 0.15) is 13.3 Å².